The molecule has 0 amide bonds. The number of carboxylic acid groups (broad SMARTS) is 1. The largest absolute Gasteiger partial charge is 0.478 e. The van der Waals surface area contributed by atoms with E-state index < -0.39 is 24.0 Å². The van der Waals surface area contributed by atoms with Gasteiger partial charge in [0.1, 0.15) is 0 Å². The van der Waals surface area contributed by atoms with E-state index in [1.807, 2.05) is 0 Å². The van der Waals surface area contributed by atoms with Crippen LogP contribution in [0.5, 0.6) is 0 Å². The van der Waals surface area contributed by atoms with E-state index in [0.29, 0.717) is 5.75 Å². The molecule has 0 aliphatic heterocycles. The second kappa shape index (κ2) is 7.51. The monoisotopic (exact) mass is 250 g/mol. The van der Waals surface area contributed by atoms with Gasteiger partial charge in [-0.25, -0.2) is 4.79 Å². The average molecular weight is 250 g/mol. The smallest absolute Gasteiger partial charge is 0.347 e. The molecule has 0 aliphatic carbocycles. The maximum Gasteiger partial charge on any atom is 0.347 e. The Hall–Kier alpha value is -0.750. The number of carbonyl (C=O) groups is 2. The van der Waals surface area contributed by atoms with Crippen LogP contribution in [0.3, 0.4) is 0 Å². The second-order valence-electron chi connectivity index (χ2n) is 3.73. The minimum atomic E-state index is -1.25. The van der Waals surface area contributed by atoms with Crippen molar-refractivity contribution in [1.82, 2.24) is 0 Å². The molecule has 0 fully saturated rings. The number of esters is 1. The summed E-state index contributed by atoms with van der Waals surface area (Å²) in [5, 5.41) is 8.81. The Bertz CT molecular complexity index is 241. The molecule has 0 aromatic carbocycles. The van der Waals surface area contributed by atoms with Crippen LogP contribution < -0.4 is 0 Å². The molecular weight excluding hydrogens is 232 g/mol. The van der Waals surface area contributed by atoms with E-state index in [1.54, 1.807) is 20.8 Å². The van der Waals surface area contributed by atoms with E-state index in [4.69, 9.17) is 14.6 Å². The van der Waals surface area contributed by atoms with E-state index in [9.17, 15) is 9.59 Å². The molecule has 0 radical (unpaired) electrons. The topological polar surface area (TPSA) is 72.8 Å². The number of hydrogen-bond acceptors (Lipinski definition) is 5. The van der Waals surface area contributed by atoms with Gasteiger partial charge in [0.2, 0.25) is 6.10 Å². The molecule has 0 rings (SSSR count). The van der Waals surface area contributed by atoms with Crippen LogP contribution in [0, 0.1) is 5.92 Å². The van der Waals surface area contributed by atoms with Crippen LogP contribution in [0.1, 0.15) is 20.8 Å². The zero-order valence-electron chi connectivity index (χ0n) is 9.67. The standard InChI is InChI=1S/C10H18O5S/c1-6(2)14-4-8(9(11)12)15-10(13)7(3)5-16/h6-8,16H,4-5H2,1-3H3,(H,11,12)/t7-,8?/m1/s1. The molecule has 94 valence electrons. The number of carbonyl (C=O) groups excluding carboxylic acids is 1. The van der Waals surface area contributed by atoms with Gasteiger partial charge in [-0.2, -0.15) is 12.6 Å². The summed E-state index contributed by atoms with van der Waals surface area (Å²) in [5.74, 6) is -1.89. The van der Waals surface area contributed by atoms with Crippen LogP contribution in [0.15, 0.2) is 0 Å². The van der Waals surface area contributed by atoms with Crippen molar-refractivity contribution in [1.29, 1.82) is 0 Å². The lowest BCUT2D eigenvalue weighted by atomic mass is 10.2. The van der Waals surface area contributed by atoms with Crippen LogP contribution >= 0.6 is 12.6 Å². The van der Waals surface area contributed by atoms with Crippen molar-refractivity contribution in [3.05, 3.63) is 0 Å². The van der Waals surface area contributed by atoms with Gasteiger partial charge in [0, 0.05) is 5.75 Å². The molecular formula is C10H18O5S. The van der Waals surface area contributed by atoms with Crippen LogP contribution in [0.2, 0.25) is 0 Å². The molecule has 6 heteroatoms. The highest BCUT2D eigenvalue weighted by Gasteiger charge is 2.25. The molecule has 0 heterocycles. The minimum absolute atomic E-state index is 0.108. The fourth-order valence-electron chi connectivity index (χ4n) is 0.766. The first kappa shape index (κ1) is 15.2. The summed E-state index contributed by atoms with van der Waals surface area (Å²) in [6, 6.07) is 0. The van der Waals surface area contributed by atoms with Crippen molar-refractivity contribution in [2.24, 2.45) is 5.92 Å². The number of aliphatic carboxylic acids is 1. The third-order valence-electron chi connectivity index (χ3n) is 1.79. The van der Waals surface area contributed by atoms with Gasteiger partial charge in [-0.1, -0.05) is 6.92 Å². The molecule has 1 unspecified atom stereocenters. The molecule has 0 spiro atoms. The third kappa shape index (κ3) is 5.97. The summed E-state index contributed by atoms with van der Waals surface area (Å²) < 4.78 is 9.91. The molecule has 0 saturated carbocycles. The van der Waals surface area contributed by atoms with Crippen LogP contribution in [-0.2, 0) is 19.1 Å². The van der Waals surface area contributed by atoms with Gasteiger partial charge in [0.15, 0.2) is 0 Å². The molecule has 0 saturated heterocycles. The fourth-order valence-corrected chi connectivity index (χ4v) is 0.916. The summed E-state index contributed by atoms with van der Waals surface area (Å²) in [6.45, 7) is 5.03. The van der Waals surface area contributed by atoms with Gasteiger partial charge in [-0.05, 0) is 13.8 Å². The molecule has 0 bridgehead atoms. The number of hydrogen-bond donors (Lipinski definition) is 2. The highest BCUT2D eigenvalue weighted by Crippen LogP contribution is 2.05. The maximum atomic E-state index is 11.3. The molecule has 16 heavy (non-hydrogen) atoms. The molecule has 0 aliphatic rings. The Morgan fingerprint density at radius 1 is 1.31 bits per heavy atom. The Morgan fingerprint density at radius 2 is 1.88 bits per heavy atom. The molecule has 1 N–H and O–H groups in total. The van der Waals surface area contributed by atoms with Gasteiger partial charge in [-0.3, -0.25) is 4.79 Å². The minimum Gasteiger partial charge on any atom is -0.478 e. The average Bonchev–Trinajstić information content (AvgIpc) is 2.21. The van der Waals surface area contributed by atoms with Gasteiger partial charge in [0.25, 0.3) is 0 Å². The number of thiol groups is 1. The van der Waals surface area contributed by atoms with Crippen molar-refractivity contribution in [3.8, 4) is 0 Å². The van der Waals surface area contributed by atoms with E-state index in [-0.39, 0.29) is 12.7 Å². The van der Waals surface area contributed by atoms with Crippen LogP contribution in [0.25, 0.3) is 0 Å². The Balaban J connectivity index is 4.23. The van der Waals surface area contributed by atoms with E-state index >= 15 is 0 Å². The molecule has 0 aromatic rings. The Morgan fingerprint density at radius 3 is 2.25 bits per heavy atom. The SMILES string of the molecule is CC(C)OCC(OC(=O)[C@H](C)CS)C(=O)O. The maximum absolute atomic E-state index is 11.3. The normalized spacial score (nSPS) is 14.6. The van der Waals surface area contributed by atoms with Crippen LogP contribution in [0.4, 0.5) is 0 Å². The van der Waals surface area contributed by atoms with Crippen molar-refractivity contribution >= 4 is 24.6 Å². The second-order valence-corrected chi connectivity index (χ2v) is 4.09. The quantitative estimate of drug-likeness (QED) is 0.520. The number of ether oxygens (including phenoxy) is 2. The highest BCUT2D eigenvalue weighted by molar-refractivity contribution is 7.80. The highest BCUT2D eigenvalue weighted by atomic mass is 32.1. The first-order valence-electron chi connectivity index (χ1n) is 5.04. The molecule has 0 aromatic heterocycles. The van der Waals surface area contributed by atoms with E-state index in [0.717, 1.165) is 0 Å². The van der Waals surface area contributed by atoms with Gasteiger partial charge in [-0.15, -0.1) is 0 Å². The Labute approximate surface area is 101 Å². The van der Waals surface area contributed by atoms with Crippen molar-refractivity contribution < 1.29 is 24.2 Å². The first-order valence-corrected chi connectivity index (χ1v) is 5.67. The summed E-state index contributed by atoms with van der Waals surface area (Å²) in [6.07, 6.45) is -1.36. The number of carboxylic acids is 1. The van der Waals surface area contributed by atoms with Crippen molar-refractivity contribution in [2.75, 3.05) is 12.4 Å². The van der Waals surface area contributed by atoms with E-state index in [1.165, 1.54) is 0 Å². The molecule has 5 nitrogen and oxygen atoms in total. The zero-order chi connectivity index (χ0) is 12.7. The first-order chi connectivity index (χ1) is 7.38. The lowest BCUT2D eigenvalue weighted by molar-refractivity contribution is -0.171. The number of rotatable bonds is 7. The van der Waals surface area contributed by atoms with Gasteiger partial charge in [0.05, 0.1) is 18.6 Å². The summed E-state index contributed by atoms with van der Waals surface area (Å²) >= 11 is 3.93. The lowest BCUT2D eigenvalue weighted by Crippen LogP contribution is -2.34. The zero-order valence-corrected chi connectivity index (χ0v) is 10.6. The van der Waals surface area contributed by atoms with Crippen molar-refractivity contribution in [3.63, 3.8) is 0 Å². The predicted molar refractivity (Wildman–Crippen MR) is 61.6 cm³/mol. The fraction of sp³-hybridized carbons (Fsp3) is 0.800. The van der Waals surface area contributed by atoms with Gasteiger partial charge >= 0.3 is 11.9 Å². The van der Waals surface area contributed by atoms with E-state index in [2.05, 4.69) is 12.6 Å². The predicted octanol–water partition coefficient (Wildman–Crippen LogP) is 0.974. The molecule has 2 atom stereocenters. The summed E-state index contributed by atoms with van der Waals surface area (Å²) in [5.41, 5.74) is 0. The van der Waals surface area contributed by atoms with Crippen LogP contribution in [-0.4, -0.2) is 41.6 Å². The Kier molecular flexibility index (Phi) is 7.16. The third-order valence-corrected chi connectivity index (χ3v) is 2.34. The van der Waals surface area contributed by atoms with Gasteiger partial charge < -0.3 is 14.6 Å². The van der Waals surface area contributed by atoms with Crippen molar-refractivity contribution in [2.45, 2.75) is 33.0 Å². The summed E-state index contributed by atoms with van der Waals surface area (Å²) in [4.78, 5) is 22.1. The summed E-state index contributed by atoms with van der Waals surface area (Å²) in [7, 11) is 0. The lowest BCUT2D eigenvalue weighted by Gasteiger charge is -2.17.